The van der Waals surface area contributed by atoms with Crippen LogP contribution in [-0.2, 0) is 0 Å². The van der Waals surface area contributed by atoms with Crippen LogP contribution in [0.3, 0.4) is 0 Å². The minimum Gasteiger partial charge on any atom is -0.497 e. The second-order valence-corrected chi connectivity index (χ2v) is 3.98. The van der Waals surface area contributed by atoms with Crippen LogP contribution in [0.15, 0.2) is 35.1 Å². The number of hydrogen-bond donors (Lipinski definition) is 2. The molecule has 0 aromatic heterocycles. The van der Waals surface area contributed by atoms with Crippen molar-refractivity contribution in [3.63, 3.8) is 0 Å². The molecule has 1 fully saturated rings. The van der Waals surface area contributed by atoms with Crippen LogP contribution in [-0.4, -0.2) is 26.0 Å². The van der Waals surface area contributed by atoms with E-state index in [1.807, 2.05) is 0 Å². The molecule has 17 heavy (non-hydrogen) atoms. The predicted molar refractivity (Wildman–Crippen MR) is 66.2 cm³/mol. The Morgan fingerprint density at radius 2 is 1.82 bits per heavy atom. The number of nitrogens with one attached hydrogen (secondary N) is 2. The first-order chi connectivity index (χ1) is 8.22. The smallest absolute Gasteiger partial charge is 0.208 e. The maximum atomic E-state index is 12.0. The molecular weight excluding hydrogens is 240 g/mol. The summed E-state index contributed by atoms with van der Waals surface area (Å²) in [6, 6.07) is 6.85. The topological polar surface area (TPSA) is 50.4 Å². The molecule has 2 rings (SSSR count). The van der Waals surface area contributed by atoms with Crippen molar-refractivity contribution in [2.75, 3.05) is 20.2 Å². The molecule has 0 aliphatic carbocycles. The van der Waals surface area contributed by atoms with Gasteiger partial charge in [-0.3, -0.25) is 4.79 Å². The van der Waals surface area contributed by atoms with Gasteiger partial charge in [-0.1, -0.05) is 11.6 Å². The van der Waals surface area contributed by atoms with Crippen molar-refractivity contribution in [2.45, 2.75) is 0 Å². The second kappa shape index (κ2) is 5.10. The third-order valence-corrected chi connectivity index (χ3v) is 2.86. The third-order valence-electron chi connectivity index (χ3n) is 2.50. The Morgan fingerprint density at radius 3 is 2.35 bits per heavy atom. The molecule has 1 aromatic rings. The Balaban J connectivity index is 2.21. The highest BCUT2D eigenvalue weighted by molar-refractivity contribution is 6.45. The summed E-state index contributed by atoms with van der Waals surface area (Å²) in [5.74, 6) is 1.11. The largest absolute Gasteiger partial charge is 0.497 e. The summed E-state index contributed by atoms with van der Waals surface area (Å²) in [5.41, 5.74) is 0.541. The van der Waals surface area contributed by atoms with Crippen LogP contribution in [0.1, 0.15) is 10.4 Å². The fourth-order valence-electron chi connectivity index (χ4n) is 1.58. The summed E-state index contributed by atoms with van der Waals surface area (Å²) in [7, 11) is 1.58. The second-order valence-electron chi connectivity index (χ2n) is 3.60. The van der Waals surface area contributed by atoms with E-state index in [2.05, 4.69) is 10.6 Å². The fraction of sp³-hybridized carbons (Fsp3) is 0.250. The summed E-state index contributed by atoms with van der Waals surface area (Å²) in [4.78, 5) is 12.0. The standard InChI is InChI=1S/C12H13ClN2O2/c1-17-9-4-2-8(3-5-9)11(16)10(13)12-14-6-7-15-12/h2-5,14-15H,6-7H2,1H3. The molecule has 0 atom stereocenters. The molecule has 0 bridgehead atoms. The Bertz CT molecular complexity index is 446. The first kappa shape index (κ1) is 11.8. The highest BCUT2D eigenvalue weighted by Gasteiger charge is 2.17. The number of methoxy groups -OCH3 is 1. The minimum atomic E-state index is -0.203. The molecule has 0 unspecified atom stereocenters. The van der Waals surface area contributed by atoms with Crippen molar-refractivity contribution in [1.29, 1.82) is 0 Å². The van der Waals surface area contributed by atoms with Gasteiger partial charge in [0.25, 0.3) is 0 Å². The Morgan fingerprint density at radius 1 is 1.24 bits per heavy atom. The van der Waals surface area contributed by atoms with Gasteiger partial charge in [-0.25, -0.2) is 0 Å². The highest BCUT2D eigenvalue weighted by atomic mass is 35.5. The number of halogens is 1. The zero-order valence-corrected chi connectivity index (χ0v) is 10.2. The molecule has 90 valence electrons. The predicted octanol–water partition coefficient (Wildman–Crippen LogP) is 1.48. The molecule has 0 saturated carbocycles. The quantitative estimate of drug-likeness (QED) is 0.632. The Kier molecular flexibility index (Phi) is 3.54. The van der Waals surface area contributed by atoms with Crippen LogP contribution in [0.25, 0.3) is 0 Å². The van der Waals surface area contributed by atoms with Crippen LogP contribution >= 0.6 is 11.6 Å². The van der Waals surface area contributed by atoms with E-state index in [0.29, 0.717) is 17.1 Å². The van der Waals surface area contributed by atoms with E-state index in [4.69, 9.17) is 16.3 Å². The lowest BCUT2D eigenvalue weighted by atomic mass is 10.1. The van der Waals surface area contributed by atoms with Gasteiger partial charge in [0.15, 0.2) is 0 Å². The number of ether oxygens (including phenoxy) is 1. The number of ketones is 1. The van der Waals surface area contributed by atoms with Crippen LogP contribution in [0.2, 0.25) is 0 Å². The summed E-state index contributed by atoms with van der Waals surface area (Å²) in [6.45, 7) is 1.56. The number of allylic oxidation sites excluding steroid dienone is 1. The van der Waals surface area contributed by atoms with Gasteiger partial charge >= 0.3 is 0 Å². The van der Waals surface area contributed by atoms with E-state index in [9.17, 15) is 4.79 Å². The van der Waals surface area contributed by atoms with Crippen molar-refractivity contribution in [3.05, 3.63) is 40.7 Å². The third kappa shape index (κ3) is 2.53. The molecule has 5 heteroatoms. The van der Waals surface area contributed by atoms with Gasteiger partial charge < -0.3 is 15.4 Å². The van der Waals surface area contributed by atoms with Gasteiger partial charge in [-0.05, 0) is 24.3 Å². The number of carbonyl (C=O) groups is 1. The monoisotopic (exact) mass is 252 g/mol. The summed E-state index contributed by atoms with van der Waals surface area (Å²) in [5, 5.41) is 6.23. The molecule has 2 N–H and O–H groups in total. The van der Waals surface area contributed by atoms with Gasteiger partial charge in [-0.15, -0.1) is 0 Å². The number of benzene rings is 1. The summed E-state index contributed by atoms with van der Waals surface area (Å²) >= 11 is 6.02. The van der Waals surface area contributed by atoms with E-state index in [1.165, 1.54) is 0 Å². The van der Waals surface area contributed by atoms with Gasteiger partial charge in [0.2, 0.25) is 5.78 Å². The van der Waals surface area contributed by atoms with Crippen LogP contribution in [0, 0.1) is 0 Å². The number of carbonyl (C=O) groups excluding carboxylic acids is 1. The minimum absolute atomic E-state index is 0.188. The van der Waals surface area contributed by atoms with E-state index in [1.54, 1.807) is 31.4 Å². The first-order valence-electron chi connectivity index (χ1n) is 5.28. The molecule has 1 heterocycles. The number of rotatable bonds is 3. The van der Waals surface area contributed by atoms with Crippen molar-refractivity contribution in [2.24, 2.45) is 0 Å². The number of hydrogen-bond acceptors (Lipinski definition) is 4. The van der Waals surface area contributed by atoms with Crippen molar-refractivity contribution < 1.29 is 9.53 Å². The normalized spacial score (nSPS) is 13.9. The zero-order chi connectivity index (χ0) is 12.3. The van der Waals surface area contributed by atoms with E-state index in [-0.39, 0.29) is 10.8 Å². The average Bonchev–Trinajstić information content (AvgIpc) is 2.91. The summed E-state index contributed by atoms with van der Waals surface area (Å²) < 4.78 is 5.03. The van der Waals surface area contributed by atoms with Gasteiger partial charge in [0, 0.05) is 18.7 Å². The van der Waals surface area contributed by atoms with Crippen molar-refractivity contribution in [3.8, 4) is 5.75 Å². The molecular formula is C12H13ClN2O2. The van der Waals surface area contributed by atoms with Crippen molar-refractivity contribution in [1.82, 2.24) is 10.6 Å². The van der Waals surface area contributed by atoms with Crippen LogP contribution in [0.4, 0.5) is 0 Å². The van der Waals surface area contributed by atoms with Crippen LogP contribution in [0.5, 0.6) is 5.75 Å². The fourth-order valence-corrected chi connectivity index (χ4v) is 1.82. The first-order valence-corrected chi connectivity index (χ1v) is 5.66. The maximum Gasteiger partial charge on any atom is 0.208 e. The van der Waals surface area contributed by atoms with Gasteiger partial charge in [0.1, 0.15) is 16.6 Å². The molecule has 1 aliphatic rings. The number of Topliss-reactive ketones (excluding diaryl/α,β-unsaturated/α-hetero) is 1. The van der Waals surface area contributed by atoms with Gasteiger partial charge in [-0.2, -0.15) is 0 Å². The van der Waals surface area contributed by atoms with Gasteiger partial charge in [0.05, 0.1) is 7.11 Å². The maximum absolute atomic E-state index is 12.0. The SMILES string of the molecule is COc1ccc(C(=O)C(Cl)=C2NCCN2)cc1. The molecule has 1 saturated heterocycles. The van der Waals surface area contributed by atoms with E-state index in [0.717, 1.165) is 13.1 Å². The summed E-state index contributed by atoms with van der Waals surface area (Å²) in [6.07, 6.45) is 0. The molecule has 0 amide bonds. The Hall–Kier alpha value is -1.68. The van der Waals surface area contributed by atoms with E-state index >= 15 is 0 Å². The zero-order valence-electron chi connectivity index (χ0n) is 9.42. The van der Waals surface area contributed by atoms with Crippen molar-refractivity contribution >= 4 is 17.4 Å². The highest BCUT2D eigenvalue weighted by Crippen LogP contribution is 2.18. The molecule has 0 spiro atoms. The molecule has 1 aliphatic heterocycles. The lowest BCUT2D eigenvalue weighted by Gasteiger charge is -2.05. The molecule has 1 aromatic carbocycles. The van der Waals surface area contributed by atoms with Crippen LogP contribution < -0.4 is 15.4 Å². The molecule has 4 nitrogen and oxygen atoms in total. The Labute approximate surface area is 105 Å². The molecule has 0 radical (unpaired) electrons. The lowest BCUT2D eigenvalue weighted by Crippen LogP contribution is -2.16. The van der Waals surface area contributed by atoms with E-state index < -0.39 is 0 Å². The average molecular weight is 253 g/mol. The lowest BCUT2D eigenvalue weighted by molar-refractivity contribution is 0.104.